The SMILES string of the molecule is C[C@@]12CCC3=C4CCC(=O)C=C4CC[C@H]3[C@@H]1CC(CCCO)[C@H]2O. The molecule has 0 heterocycles. The third kappa shape index (κ3) is 2.43. The molecule has 5 atom stereocenters. The van der Waals surface area contributed by atoms with E-state index >= 15 is 0 Å². The van der Waals surface area contributed by atoms with Crippen molar-refractivity contribution in [2.24, 2.45) is 23.2 Å². The second-order valence-corrected chi connectivity index (χ2v) is 8.70. The Hall–Kier alpha value is -0.930. The first kappa shape index (κ1) is 16.5. The molecule has 0 spiro atoms. The van der Waals surface area contributed by atoms with Crippen molar-refractivity contribution in [3.05, 3.63) is 22.8 Å². The van der Waals surface area contributed by atoms with Gasteiger partial charge in [0.1, 0.15) is 0 Å². The number of carbonyl (C=O) groups is 1. The zero-order valence-electron chi connectivity index (χ0n) is 14.8. The molecule has 0 aromatic heterocycles. The van der Waals surface area contributed by atoms with Gasteiger partial charge in [-0.2, -0.15) is 0 Å². The number of ketones is 1. The van der Waals surface area contributed by atoms with Crippen LogP contribution in [0.3, 0.4) is 0 Å². The Labute approximate surface area is 144 Å². The van der Waals surface area contributed by atoms with Crippen LogP contribution in [-0.4, -0.2) is 28.7 Å². The van der Waals surface area contributed by atoms with Crippen LogP contribution in [0, 0.1) is 23.2 Å². The van der Waals surface area contributed by atoms with Gasteiger partial charge in [-0.1, -0.05) is 12.5 Å². The van der Waals surface area contributed by atoms with Gasteiger partial charge < -0.3 is 10.2 Å². The van der Waals surface area contributed by atoms with Crippen LogP contribution in [0.5, 0.6) is 0 Å². The molecule has 3 heteroatoms. The van der Waals surface area contributed by atoms with Gasteiger partial charge in [-0.3, -0.25) is 4.79 Å². The minimum absolute atomic E-state index is 0.0422. The first-order valence-electron chi connectivity index (χ1n) is 9.79. The van der Waals surface area contributed by atoms with E-state index in [0.717, 1.165) is 51.4 Å². The highest BCUT2D eigenvalue weighted by molar-refractivity contribution is 5.93. The summed E-state index contributed by atoms with van der Waals surface area (Å²) < 4.78 is 0. The summed E-state index contributed by atoms with van der Waals surface area (Å²) in [5, 5.41) is 20.1. The molecule has 2 saturated carbocycles. The van der Waals surface area contributed by atoms with Crippen LogP contribution in [0.2, 0.25) is 0 Å². The lowest BCUT2D eigenvalue weighted by Gasteiger charge is -2.48. The minimum Gasteiger partial charge on any atom is -0.396 e. The third-order valence-electron chi connectivity index (χ3n) is 7.58. The van der Waals surface area contributed by atoms with E-state index in [4.69, 9.17) is 5.11 Å². The van der Waals surface area contributed by atoms with Crippen LogP contribution in [-0.2, 0) is 4.79 Å². The Morgan fingerprint density at radius 1 is 1.25 bits per heavy atom. The molecule has 0 saturated heterocycles. The summed E-state index contributed by atoms with van der Waals surface area (Å²) in [6, 6.07) is 0. The van der Waals surface area contributed by atoms with Crippen molar-refractivity contribution in [2.75, 3.05) is 6.61 Å². The lowest BCUT2D eigenvalue weighted by Crippen LogP contribution is -2.42. The van der Waals surface area contributed by atoms with Gasteiger partial charge in [0.2, 0.25) is 0 Å². The zero-order valence-corrected chi connectivity index (χ0v) is 14.8. The van der Waals surface area contributed by atoms with Crippen molar-refractivity contribution in [2.45, 2.75) is 70.8 Å². The Morgan fingerprint density at radius 3 is 2.88 bits per heavy atom. The maximum absolute atomic E-state index is 11.7. The molecule has 0 aliphatic heterocycles. The van der Waals surface area contributed by atoms with Gasteiger partial charge in [-0.05, 0) is 91.8 Å². The molecule has 0 aromatic carbocycles. The normalized spacial score (nSPS) is 41.6. The fraction of sp³-hybridized carbons (Fsp3) is 0.762. The highest BCUT2D eigenvalue weighted by Gasteiger charge is 2.56. The van der Waals surface area contributed by atoms with E-state index in [1.165, 1.54) is 11.1 Å². The minimum atomic E-state index is -0.217. The molecule has 24 heavy (non-hydrogen) atoms. The molecule has 2 fully saturated rings. The lowest BCUT2D eigenvalue weighted by molar-refractivity contribution is -0.114. The summed E-state index contributed by atoms with van der Waals surface area (Å²) in [5.74, 6) is 1.83. The molecular formula is C21H30O3. The van der Waals surface area contributed by atoms with E-state index in [9.17, 15) is 9.90 Å². The molecule has 3 nitrogen and oxygen atoms in total. The number of rotatable bonds is 3. The smallest absolute Gasteiger partial charge is 0.156 e. The molecular weight excluding hydrogens is 300 g/mol. The van der Waals surface area contributed by atoms with Crippen LogP contribution in [0.25, 0.3) is 0 Å². The van der Waals surface area contributed by atoms with Crippen LogP contribution < -0.4 is 0 Å². The summed E-state index contributed by atoms with van der Waals surface area (Å²) in [6.45, 7) is 2.53. The molecule has 0 radical (unpaired) electrons. The number of allylic oxidation sites excluding steroid dienone is 4. The van der Waals surface area contributed by atoms with Gasteiger partial charge >= 0.3 is 0 Å². The van der Waals surface area contributed by atoms with Gasteiger partial charge in [0, 0.05) is 13.0 Å². The van der Waals surface area contributed by atoms with Crippen molar-refractivity contribution in [3.63, 3.8) is 0 Å². The van der Waals surface area contributed by atoms with Crippen LogP contribution in [0.15, 0.2) is 22.8 Å². The van der Waals surface area contributed by atoms with E-state index in [-0.39, 0.29) is 18.1 Å². The Balaban J connectivity index is 1.64. The fourth-order valence-electron chi connectivity index (χ4n) is 6.31. The topological polar surface area (TPSA) is 57.5 Å². The van der Waals surface area contributed by atoms with Gasteiger partial charge in [-0.15, -0.1) is 0 Å². The third-order valence-corrected chi connectivity index (χ3v) is 7.58. The summed E-state index contributed by atoms with van der Waals surface area (Å²) >= 11 is 0. The average Bonchev–Trinajstić information content (AvgIpc) is 2.84. The molecule has 4 aliphatic carbocycles. The van der Waals surface area contributed by atoms with Crippen molar-refractivity contribution in [3.8, 4) is 0 Å². The van der Waals surface area contributed by atoms with Gasteiger partial charge in [0.05, 0.1) is 6.10 Å². The molecule has 0 aromatic rings. The molecule has 4 rings (SSSR count). The Bertz CT molecular complexity index is 602. The van der Waals surface area contributed by atoms with E-state index in [1.54, 1.807) is 5.57 Å². The quantitative estimate of drug-likeness (QED) is 0.832. The highest BCUT2D eigenvalue weighted by atomic mass is 16.3. The van der Waals surface area contributed by atoms with Crippen LogP contribution in [0.1, 0.15) is 64.7 Å². The number of hydrogen-bond donors (Lipinski definition) is 2. The van der Waals surface area contributed by atoms with Gasteiger partial charge in [0.25, 0.3) is 0 Å². The summed E-state index contributed by atoms with van der Waals surface area (Å²) in [6.07, 6.45) is 10.5. The number of aliphatic hydroxyl groups excluding tert-OH is 2. The number of hydrogen-bond acceptors (Lipinski definition) is 3. The van der Waals surface area contributed by atoms with E-state index in [1.807, 2.05) is 6.08 Å². The molecule has 4 aliphatic rings. The average molecular weight is 330 g/mol. The van der Waals surface area contributed by atoms with Crippen molar-refractivity contribution >= 4 is 5.78 Å². The second kappa shape index (κ2) is 6.10. The van der Waals surface area contributed by atoms with Crippen molar-refractivity contribution in [1.82, 2.24) is 0 Å². The van der Waals surface area contributed by atoms with E-state index in [0.29, 0.717) is 30.0 Å². The number of carbonyl (C=O) groups excluding carboxylic acids is 1. The van der Waals surface area contributed by atoms with Crippen LogP contribution >= 0.6 is 0 Å². The molecule has 1 unspecified atom stereocenters. The van der Waals surface area contributed by atoms with E-state index in [2.05, 4.69) is 6.92 Å². The fourth-order valence-corrected chi connectivity index (χ4v) is 6.31. The standard InChI is InChI=1S/C21H30O3/c1-21-9-8-17-16-7-5-15(23)11-13(16)4-6-18(17)19(21)12-14(20(21)24)3-2-10-22/h11,14,18-20,22,24H,2-10,12H2,1H3/t14?,18-,19+,20-,21-/m1/s1. The predicted octanol–water partition coefficient (Wildman–Crippen LogP) is 3.55. The van der Waals surface area contributed by atoms with E-state index < -0.39 is 0 Å². The summed E-state index contributed by atoms with van der Waals surface area (Å²) in [4.78, 5) is 11.7. The largest absolute Gasteiger partial charge is 0.396 e. The molecule has 132 valence electrons. The van der Waals surface area contributed by atoms with Crippen LogP contribution in [0.4, 0.5) is 0 Å². The number of fused-ring (bicyclic) bond motifs is 4. The predicted molar refractivity (Wildman–Crippen MR) is 93.3 cm³/mol. The monoisotopic (exact) mass is 330 g/mol. The maximum Gasteiger partial charge on any atom is 0.156 e. The first-order chi connectivity index (χ1) is 11.5. The zero-order chi connectivity index (χ0) is 16.9. The van der Waals surface area contributed by atoms with Crippen molar-refractivity contribution in [1.29, 1.82) is 0 Å². The second-order valence-electron chi connectivity index (χ2n) is 8.70. The van der Waals surface area contributed by atoms with Gasteiger partial charge in [-0.25, -0.2) is 0 Å². The highest BCUT2D eigenvalue weighted by Crippen LogP contribution is 2.61. The Kier molecular flexibility index (Phi) is 4.20. The molecule has 2 N–H and O–H groups in total. The van der Waals surface area contributed by atoms with Crippen molar-refractivity contribution < 1.29 is 15.0 Å². The Morgan fingerprint density at radius 2 is 2.08 bits per heavy atom. The lowest BCUT2D eigenvalue weighted by atomic mass is 9.57. The molecule has 0 amide bonds. The summed E-state index contributed by atoms with van der Waals surface area (Å²) in [5.41, 5.74) is 4.48. The number of aliphatic hydroxyl groups is 2. The summed E-state index contributed by atoms with van der Waals surface area (Å²) in [7, 11) is 0. The maximum atomic E-state index is 11.7. The molecule has 0 bridgehead atoms. The first-order valence-corrected chi connectivity index (χ1v) is 9.79. The van der Waals surface area contributed by atoms with Gasteiger partial charge in [0.15, 0.2) is 5.78 Å².